The lowest BCUT2D eigenvalue weighted by molar-refractivity contribution is -0.126. The van der Waals surface area contributed by atoms with Gasteiger partial charge in [0.15, 0.2) is 9.84 Å². The first-order valence-corrected chi connectivity index (χ1v) is 12.4. The number of carbonyl (C=O) groups excluding carboxylic acids is 1. The maximum atomic E-state index is 13.1. The number of rotatable bonds is 6. The van der Waals surface area contributed by atoms with Crippen LogP contribution in [0, 0.1) is 0 Å². The van der Waals surface area contributed by atoms with Gasteiger partial charge in [0, 0.05) is 38.4 Å². The van der Waals surface area contributed by atoms with E-state index in [2.05, 4.69) is 34.5 Å². The van der Waals surface area contributed by atoms with Crippen LogP contribution in [0.1, 0.15) is 30.0 Å². The highest BCUT2D eigenvalue weighted by molar-refractivity contribution is 7.91. The van der Waals surface area contributed by atoms with E-state index in [0.29, 0.717) is 19.6 Å². The molecule has 2 saturated heterocycles. The summed E-state index contributed by atoms with van der Waals surface area (Å²) in [7, 11) is -3.00. The van der Waals surface area contributed by atoms with Gasteiger partial charge in [-0.05, 0) is 36.1 Å². The first-order chi connectivity index (χ1) is 14.5. The number of anilines is 1. The fraction of sp³-hybridized carbons (Fsp3) is 0.435. The molecule has 0 saturated carbocycles. The van der Waals surface area contributed by atoms with Gasteiger partial charge < -0.3 is 10.2 Å². The summed E-state index contributed by atoms with van der Waals surface area (Å²) in [5.74, 6) is 0.104. The van der Waals surface area contributed by atoms with E-state index in [1.54, 1.807) is 0 Å². The van der Waals surface area contributed by atoms with Crippen LogP contribution in [0.5, 0.6) is 0 Å². The molecule has 160 valence electrons. The third-order valence-electron chi connectivity index (χ3n) is 5.98. The molecule has 0 aromatic heterocycles. The maximum absolute atomic E-state index is 13.1. The molecule has 4 rings (SSSR count). The van der Waals surface area contributed by atoms with Gasteiger partial charge in [-0.25, -0.2) is 8.42 Å². The molecule has 6 nitrogen and oxygen atoms in total. The van der Waals surface area contributed by atoms with Crippen LogP contribution in [0.25, 0.3) is 0 Å². The fourth-order valence-corrected chi connectivity index (χ4v) is 5.46. The summed E-state index contributed by atoms with van der Waals surface area (Å²) in [5, 5.41) is 3.06. The van der Waals surface area contributed by atoms with E-state index in [1.165, 1.54) is 18.5 Å². The number of sulfone groups is 1. The predicted molar refractivity (Wildman–Crippen MR) is 119 cm³/mol. The zero-order valence-corrected chi connectivity index (χ0v) is 18.0. The van der Waals surface area contributed by atoms with E-state index in [9.17, 15) is 13.2 Å². The molecular weight excluding hydrogens is 398 g/mol. The topological polar surface area (TPSA) is 69.7 Å². The Bertz CT molecular complexity index is 941. The van der Waals surface area contributed by atoms with Crippen molar-refractivity contribution in [3.63, 3.8) is 0 Å². The van der Waals surface area contributed by atoms with E-state index in [0.717, 1.165) is 24.2 Å². The van der Waals surface area contributed by atoms with Crippen LogP contribution in [-0.4, -0.2) is 56.9 Å². The van der Waals surface area contributed by atoms with E-state index >= 15 is 0 Å². The summed E-state index contributed by atoms with van der Waals surface area (Å²) >= 11 is 0. The van der Waals surface area contributed by atoms with Crippen LogP contribution >= 0.6 is 0 Å². The second-order valence-electron chi connectivity index (χ2n) is 8.08. The SMILES string of the molecule is O=C(NCc1ccc(N2CCCC2)cc1)C(c1ccccc1)N1CCS(=O)(=O)CC1. The smallest absolute Gasteiger partial charge is 0.242 e. The molecule has 1 amide bonds. The number of hydrogen-bond acceptors (Lipinski definition) is 5. The molecule has 7 heteroatoms. The van der Waals surface area contributed by atoms with Gasteiger partial charge in [0.05, 0.1) is 11.5 Å². The average molecular weight is 428 g/mol. The van der Waals surface area contributed by atoms with Gasteiger partial charge in [-0.1, -0.05) is 42.5 Å². The Morgan fingerprint density at radius 3 is 2.17 bits per heavy atom. The minimum atomic E-state index is -3.00. The Morgan fingerprint density at radius 1 is 0.900 bits per heavy atom. The third-order valence-corrected chi connectivity index (χ3v) is 7.59. The summed E-state index contributed by atoms with van der Waals surface area (Å²) in [5.41, 5.74) is 3.18. The van der Waals surface area contributed by atoms with Crippen molar-refractivity contribution in [1.29, 1.82) is 0 Å². The first-order valence-electron chi connectivity index (χ1n) is 10.6. The minimum absolute atomic E-state index is 0.0934. The molecule has 2 aliphatic heterocycles. The zero-order chi connectivity index (χ0) is 21.0. The Balaban J connectivity index is 1.43. The summed E-state index contributed by atoms with van der Waals surface area (Å²) in [6, 6.07) is 17.5. The molecule has 2 aliphatic rings. The van der Waals surface area contributed by atoms with Gasteiger partial charge in [0.2, 0.25) is 5.91 Å². The third kappa shape index (κ3) is 5.02. The molecule has 0 bridgehead atoms. The van der Waals surface area contributed by atoms with E-state index in [1.807, 2.05) is 35.2 Å². The first kappa shape index (κ1) is 20.9. The minimum Gasteiger partial charge on any atom is -0.372 e. The second-order valence-corrected chi connectivity index (χ2v) is 10.4. The Hall–Kier alpha value is -2.38. The highest BCUT2D eigenvalue weighted by atomic mass is 32.2. The van der Waals surface area contributed by atoms with Crippen LogP contribution in [0.3, 0.4) is 0 Å². The highest BCUT2D eigenvalue weighted by Crippen LogP contribution is 2.24. The van der Waals surface area contributed by atoms with Crippen molar-refractivity contribution >= 4 is 21.4 Å². The molecule has 1 atom stereocenters. The van der Waals surface area contributed by atoms with Crippen LogP contribution in [0.4, 0.5) is 5.69 Å². The largest absolute Gasteiger partial charge is 0.372 e. The summed E-state index contributed by atoms with van der Waals surface area (Å²) < 4.78 is 23.7. The normalized spacial score (nSPS) is 20.1. The molecule has 1 N–H and O–H groups in total. The standard InChI is InChI=1S/C23H29N3O3S/c27-23(24-18-19-8-10-21(11-9-19)25-12-4-5-13-25)22(20-6-2-1-3-7-20)26-14-16-30(28,29)17-15-26/h1-3,6-11,22H,4-5,12-18H2,(H,24,27). The lowest BCUT2D eigenvalue weighted by Crippen LogP contribution is -2.47. The van der Waals surface area contributed by atoms with E-state index < -0.39 is 15.9 Å². The zero-order valence-electron chi connectivity index (χ0n) is 17.2. The molecule has 30 heavy (non-hydrogen) atoms. The average Bonchev–Trinajstić information content (AvgIpc) is 3.30. The summed E-state index contributed by atoms with van der Waals surface area (Å²) in [6.45, 7) is 3.43. The van der Waals surface area contributed by atoms with Gasteiger partial charge in [-0.15, -0.1) is 0 Å². The van der Waals surface area contributed by atoms with Crippen molar-refractivity contribution in [3.8, 4) is 0 Å². The number of amides is 1. The quantitative estimate of drug-likeness (QED) is 0.767. The van der Waals surface area contributed by atoms with Crippen molar-refractivity contribution in [2.24, 2.45) is 0 Å². The van der Waals surface area contributed by atoms with Crippen molar-refractivity contribution < 1.29 is 13.2 Å². The van der Waals surface area contributed by atoms with Crippen molar-refractivity contribution in [3.05, 3.63) is 65.7 Å². The molecule has 2 heterocycles. The van der Waals surface area contributed by atoms with Gasteiger partial charge in [0.1, 0.15) is 6.04 Å². The highest BCUT2D eigenvalue weighted by Gasteiger charge is 2.32. The van der Waals surface area contributed by atoms with Crippen molar-refractivity contribution in [2.75, 3.05) is 42.6 Å². The number of nitrogens with one attached hydrogen (secondary N) is 1. The van der Waals surface area contributed by atoms with Gasteiger partial charge in [-0.3, -0.25) is 9.69 Å². The van der Waals surface area contributed by atoms with E-state index in [-0.39, 0.29) is 17.4 Å². The molecule has 2 aromatic carbocycles. The summed E-state index contributed by atoms with van der Waals surface area (Å²) in [6.07, 6.45) is 2.49. The van der Waals surface area contributed by atoms with Crippen molar-refractivity contribution in [1.82, 2.24) is 10.2 Å². The lowest BCUT2D eigenvalue weighted by atomic mass is 10.0. The molecular formula is C23H29N3O3S. The number of carbonyl (C=O) groups is 1. The van der Waals surface area contributed by atoms with Crippen LogP contribution in [0.2, 0.25) is 0 Å². The van der Waals surface area contributed by atoms with Crippen molar-refractivity contribution in [2.45, 2.75) is 25.4 Å². The van der Waals surface area contributed by atoms with Gasteiger partial charge in [0.25, 0.3) is 0 Å². The fourth-order valence-electron chi connectivity index (χ4n) is 4.23. The number of benzene rings is 2. The summed E-state index contributed by atoms with van der Waals surface area (Å²) in [4.78, 5) is 17.5. The van der Waals surface area contributed by atoms with Gasteiger partial charge in [-0.2, -0.15) is 0 Å². The predicted octanol–water partition coefficient (Wildman–Crippen LogP) is 2.37. The second kappa shape index (κ2) is 9.18. The number of nitrogens with zero attached hydrogens (tertiary/aromatic N) is 2. The maximum Gasteiger partial charge on any atom is 0.242 e. The molecule has 0 radical (unpaired) electrons. The lowest BCUT2D eigenvalue weighted by Gasteiger charge is -2.33. The van der Waals surface area contributed by atoms with Crippen LogP contribution in [-0.2, 0) is 21.2 Å². The van der Waals surface area contributed by atoms with Gasteiger partial charge >= 0.3 is 0 Å². The molecule has 0 aliphatic carbocycles. The Labute approximate surface area is 178 Å². The Morgan fingerprint density at radius 2 is 1.53 bits per heavy atom. The number of hydrogen-bond donors (Lipinski definition) is 1. The molecule has 2 aromatic rings. The monoisotopic (exact) mass is 427 g/mol. The molecule has 1 unspecified atom stereocenters. The molecule has 0 spiro atoms. The Kier molecular flexibility index (Phi) is 6.39. The molecule has 2 fully saturated rings. The van der Waals surface area contributed by atoms with Crippen LogP contribution in [0.15, 0.2) is 54.6 Å². The van der Waals surface area contributed by atoms with E-state index in [4.69, 9.17) is 0 Å². The van der Waals surface area contributed by atoms with Crippen LogP contribution < -0.4 is 10.2 Å².